The van der Waals surface area contributed by atoms with Gasteiger partial charge in [0, 0.05) is 56.6 Å². The lowest BCUT2D eigenvalue weighted by Gasteiger charge is -2.34. The molecule has 0 N–H and O–H groups in total. The van der Waals surface area contributed by atoms with Gasteiger partial charge in [-0.3, -0.25) is 19.2 Å². The van der Waals surface area contributed by atoms with Crippen molar-refractivity contribution in [2.75, 3.05) is 31.1 Å². The molecule has 166 valence electrons. The molecule has 6 heteroatoms. The number of aromatic nitrogens is 3. The zero-order valence-corrected chi connectivity index (χ0v) is 18.8. The van der Waals surface area contributed by atoms with Gasteiger partial charge in [0.25, 0.3) is 5.56 Å². The molecular formula is C26H31N5O. The molecule has 0 radical (unpaired) electrons. The molecule has 4 heterocycles. The summed E-state index contributed by atoms with van der Waals surface area (Å²) in [4.78, 5) is 26.5. The maximum atomic E-state index is 12.7. The van der Waals surface area contributed by atoms with E-state index in [1.165, 1.54) is 43.5 Å². The maximum Gasteiger partial charge on any atom is 0.255 e. The van der Waals surface area contributed by atoms with Crippen LogP contribution in [0.2, 0.25) is 0 Å². The molecule has 5 rings (SSSR count). The van der Waals surface area contributed by atoms with Gasteiger partial charge in [-0.1, -0.05) is 24.3 Å². The minimum absolute atomic E-state index is 0.0322. The molecule has 0 aliphatic carbocycles. The zero-order valence-electron chi connectivity index (χ0n) is 18.8. The van der Waals surface area contributed by atoms with Crippen molar-refractivity contribution in [3.05, 3.63) is 76.3 Å². The lowest BCUT2D eigenvalue weighted by molar-refractivity contribution is 0.331. The Morgan fingerprint density at radius 1 is 0.969 bits per heavy atom. The van der Waals surface area contributed by atoms with E-state index in [9.17, 15) is 4.79 Å². The third kappa shape index (κ3) is 4.46. The Bertz CT molecular complexity index is 1100. The first-order valence-corrected chi connectivity index (χ1v) is 11.7. The molecule has 2 aliphatic heterocycles. The lowest BCUT2D eigenvalue weighted by Crippen LogP contribution is -2.38. The van der Waals surface area contributed by atoms with Crippen LogP contribution < -0.4 is 10.5 Å². The average molecular weight is 430 g/mol. The molecule has 0 amide bonds. The predicted octanol–water partition coefficient (Wildman–Crippen LogP) is 3.82. The Labute approximate surface area is 189 Å². The molecule has 6 nitrogen and oxygen atoms in total. The van der Waals surface area contributed by atoms with Gasteiger partial charge < -0.3 is 4.90 Å². The first-order chi connectivity index (χ1) is 15.7. The third-order valence-corrected chi connectivity index (χ3v) is 6.85. The highest BCUT2D eigenvalue weighted by atomic mass is 16.1. The lowest BCUT2D eigenvalue weighted by atomic mass is 9.90. The number of hydrogen-bond acceptors (Lipinski definition) is 5. The minimum atomic E-state index is -0.0322. The van der Waals surface area contributed by atoms with Gasteiger partial charge in [0.2, 0.25) is 5.95 Å². The van der Waals surface area contributed by atoms with E-state index < -0.39 is 0 Å². The highest BCUT2D eigenvalue weighted by molar-refractivity contribution is 5.59. The van der Waals surface area contributed by atoms with Crippen LogP contribution in [-0.2, 0) is 13.6 Å². The Kier molecular flexibility index (Phi) is 6.04. The largest absolute Gasteiger partial charge is 0.342 e. The maximum absolute atomic E-state index is 12.7. The van der Waals surface area contributed by atoms with E-state index in [0.29, 0.717) is 11.6 Å². The number of hydrogen-bond donors (Lipinski definition) is 0. The van der Waals surface area contributed by atoms with Crippen LogP contribution in [0.25, 0.3) is 11.3 Å². The molecule has 2 aliphatic rings. The van der Waals surface area contributed by atoms with Gasteiger partial charge in [0.1, 0.15) is 0 Å². The predicted molar refractivity (Wildman–Crippen MR) is 128 cm³/mol. The standard InChI is InChI=1S/C26H31N5O/c1-29-25(32)17-24(22-10-12-27-13-11-22)28-26(29)31-16-4-5-23(19-31)21-8-6-20(7-9-21)18-30-14-2-3-15-30/h6-13,17,23H,2-5,14-16,18-19H2,1H3/t23-/m1/s1. The SMILES string of the molecule is Cn1c(N2CCC[C@@H](c3ccc(CN4CCCC4)cc3)C2)nc(-c2ccncc2)cc1=O. The van der Waals surface area contributed by atoms with Crippen molar-refractivity contribution in [3.63, 3.8) is 0 Å². The molecule has 0 spiro atoms. The van der Waals surface area contributed by atoms with Crippen LogP contribution in [0.1, 0.15) is 42.7 Å². The fraction of sp³-hybridized carbons (Fsp3) is 0.423. The molecule has 2 aromatic heterocycles. The van der Waals surface area contributed by atoms with E-state index >= 15 is 0 Å². The molecular weight excluding hydrogens is 398 g/mol. The minimum Gasteiger partial charge on any atom is -0.342 e. The number of likely N-dealkylation sites (tertiary alicyclic amines) is 1. The van der Waals surface area contributed by atoms with E-state index in [4.69, 9.17) is 4.98 Å². The second-order valence-electron chi connectivity index (χ2n) is 9.08. The Balaban J connectivity index is 1.35. The second-order valence-corrected chi connectivity index (χ2v) is 9.08. The van der Waals surface area contributed by atoms with Crippen LogP contribution in [0.4, 0.5) is 5.95 Å². The third-order valence-electron chi connectivity index (χ3n) is 6.85. The average Bonchev–Trinajstić information content (AvgIpc) is 3.35. The number of benzene rings is 1. The molecule has 0 unspecified atom stereocenters. The van der Waals surface area contributed by atoms with Crippen molar-refractivity contribution in [1.82, 2.24) is 19.4 Å². The van der Waals surface area contributed by atoms with E-state index in [-0.39, 0.29) is 5.56 Å². The highest BCUT2D eigenvalue weighted by Crippen LogP contribution is 2.30. The van der Waals surface area contributed by atoms with Gasteiger partial charge in [-0.15, -0.1) is 0 Å². The molecule has 0 bridgehead atoms. The van der Waals surface area contributed by atoms with Crippen molar-refractivity contribution < 1.29 is 0 Å². The highest BCUT2D eigenvalue weighted by Gasteiger charge is 2.24. The summed E-state index contributed by atoms with van der Waals surface area (Å²) in [5.74, 6) is 1.20. The number of piperidine rings is 1. The summed E-state index contributed by atoms with van der Waals surface area (Å²) in [5.41, 5.74) is 4.38. The van der Waals surface area contributed by atoms with Crippen LogP contribution in [0, 0.1) is 0 Å². The molecule has 32 heavy (non-hydrogen) atoms. The molecule has 1 aromatic carbocycles. The van der Waals surface area contributed by atoms with Gasteiger partial charge in [0.05, 0.1) is 5.69 Å². The first kappa shape index (κ1) is 20.9. The van der Waals surface area contributed by atoms with E-state index in [0.717, 1.165) is 37.6 Å². The first-order valence-electron chi connectivity index (χ1n) is 11.7. The van der Waals surface area contributed by atoms with Crippen molar-refractivity contribution in [3.8, 4) is 11.3 Å². The quantitative estimate of drug-likeness (QED) is 0.617. The molecule has 2 saturated heterocycles. The van der Waals surface area contributed by atoms with E-state index in [1.54, 1.807) is 23.0 Å². The number of pyridine rings is 1. The molecule has 3 aromatic rings. The van der Waals surface area contributed by atoms with Crippen LogP contribution in [-0.4, -0.2) is 45.6 Å². The normalized spacial score (nSPS) is 19.4. The number of rotatable bonds is 5. The van der Waals surface area contributed by atoms with E-state index in [2.05, 4.69) is 39.0 Å². The van der Waals surface area contributed by atoms with Gasteiger partial charge in [-0.05, 0) is 62.0 Å². The van der Waals surface area contributed by atoms with Crippen LogP contribution in [0.15, 0.2) is 59.7 Å². The summed E-state index contributed by atoms with van der Waals surface area (Å²) in [6.07, 6.45) is 8.39. The summed E-state index contributed by atoms with van der Waals surface area (Å²) < 4.78 is 1.67. The van der Waals surface area contributed by atoms with Crippen LogP contribution in [0.5, 0.6) is 0 Å². The van der Waals surface area contributed by atoms with Gasteiger partial charge in [-0.2, -0.15) is 0 Å². The van der Waals surface area contributed by atoms with Gasteiger partial charge in [-0.25, -0.2) is 4.98 Å². The Morgan fingerprint density at radius 3 is 2.47 bits per heavy atom. The van der Waals surface area contributed by atoms with Crippen molar-refractivity contribution in [2.24, 2.45) is 7.05 Å². The summed E-state index contributed by atoms with van der Waals surface area (Å²) in [7, 11) is 1.82. The molecule has 2 fully saturated rings. The Morgan fingerprint density at radius 2 is 1.72 bits per heavy atom. The van der Waals surface area contributed by atoms with Crippen LogP contribution >= 0.6 is 0 Å². The van der Waals surface area contributed by atoms with Gasteiger partial charge in [0.15, 0.2) is 0 Å². The molecule has 0 saturated carbocycles. The summed E-state index contributed by atoms with van der Waals surface area (Å²) in [6, 6.07) is 14.6. The topological polar surface area (TPSA) is 54.3 Å². The monoisotopic (exact) mass is 429 g/mol. The van der Waals surface area contributed by atoms with Crippen molar-refractivity contribution in [2.45, 2.75) is 38.1 Å². The van der Waals surface area contributed by atoms with Crippen molar-refractivity contribution >= 4 is 5.95 Å². The second kappa shape index (κ2) is 9.25. The number of anilines is 1. The number of nitrogens with zero attached hydrogens (tertiary/aromatic N) is 5. The van der Waals surface area contributed by atoms with Crippen molar-refractivity contribution in [1.29, 1.82) is 0 Å². The van der Waals surface area contributed by atoms with Crippen LogP contribution in [0.3, 0.4) is 0 Å². The van der Waals surface area contributed by atoms with E-state index in [1.807, 2.05) is 19.2 Å². The summed E-state index contributed by atoms with van der Waals surface area (Å²) in [6.45, 7) is 5.31. The smallest absolute Gasteiger partial charge is 0.255 e. The summed E-state index contributed by atoms with van der Waals surface area (Å²) >= 11 is 0. The fourth-order valence-corrected chi connectivity index (χ4v) is 5.01. The molecule has 1 atom stereocenters. The zero-order chi connectivity index (χ0) is 21.9. The Hall–Kier alpha value is -2.99. The van der Waals surface area contributed by atoms with Gasteiger partial charge >= 0.3 is 0 Å². The fourth-order valence-electron chi connectivity index (χ4n) is 5.01. The summed E-state index contributed by atoms with van der Waals surface area (Å²) in [5, 5.41) is 0.